The van der Waals surface area contributed by atoms with Gasteiger partial charge in [-0.1, -0.05) is 54.1 Å². The van der Waals surface area contributed by atoms with Crippen LogP contribution in [-0.2, 0) is 14.3 Å². The number of nitrogens with zero attached hydrogens (tertiary/aromatic N) is 6. The summed E-state index contributed by atoms with van der Waals surface area (Å²) in [6.07, 6.45) is 0.254. The molecule has 226 valence electrons. The molecule has 1 aromatic heterocycles. The van der Waals surface area contributed by atoms with Crippen molar-refractivity contribution in [1.29, 1.82) is 0 Å². The lowest BCUT2D eigenvalue weighted by Crippen LogP contribution is -2.51. The number of piperazine rings is 1. The van der Waals surface area contributed by atoms with Crippen molar-refractivity contribution in [1.82, 2.24) is 19.4 Å². The summed E-state index contributed by atoms with van der Waals surface area (Å²) < 4.78 is 7.15. The van der Waals surface area contributed by atoms with E-state index in [1.807, 2.05) is 25.7 Å². The fourth-order valence-electron chi connectivity index (χ4n) is 5.23. The predicted octanol–water partition coefficient (Wildman–Crippen LogP) is 3.83. The van der Waals surface area contributed by atoms with Crippen molar-refractivity contribution in [2.45, 2.75) is 32.4 Å². The van der Waals surface area contributed by atoms with Gasteiger partial charge >= 0.3 is 12.1 Å². The Labute approximate surface area is 254 Å². The fourth-order valence-corrected chi connectivity index (χ4v) is 5.45. The first-order chi connectivity index (χ1) is 20.5. The molecule has 2 amide bonds. The zero-order valence-corrected chi connectivity index (χ0v) is 24.9. The van der Waals surface area contributed by atoms with Crippen molar-refractivity contribution in [3.63, 3.8) is 0 Å². The van der Waals surface area contributed by atoms with E-state index < -0.39 is 36.2 Å². The molecule has 0 aliphatic carbocycles. The Bertz CT molecular complexity index is 1530. The van der Waals surface area contributed by atoms with E-state index in [-0.39, 0.29) is 18.2 Å². The monoisotopic (exact) mass is 608 g/mol. The molecule has 2 aliphatic heterocycles. The molecule has 0 bridgehead atoms. The number of carboxylic acids is 1. The van der Waals surface area contributed by atoms with E-state index in [0.717, 1.165) is 0 Å². The molecule has 1 unspecified atom stereocenters. The number of halogens is 1. The molecule has 1 fully saturated rings. The summed E-state index contributed by atoms with van der Waals surface area (Å²) in [6, 6.07) is 14.8. The third kappa shape index (κ3) is 6.14. The number of benzene rings is 2. The van der Waals surface area contributed by atoms with Gasteiger partial charge in [-0.2, -0.15) is 4.98 Å². The number of aldehydes is 1. The minimum Gasteiger partial charge on any atom is -0.480 e. The zero-order chi connectivity index (χ0) is 30.9. The van der Waals surface area contributed by atoms with Gasteiger partial charge in [-0.3, -0.25) is 14.2 Å². The second-order valence-corrected chi connectivity index (χ2v) is 11.7. The van der Waals surface area contributed by atoms with E-state index in [9.17, 15) is 24.3 Å². The van der Waals surface area contributed by atoms with Gasteiger partial charge in [0.25, 0.3) is 5.91 Å². The molecule has 0 radical (unpaired) electrons. The summed E-state index contributed by atoms with van der Waals surface area (Å²) >= 11 is 6.66. The van der Waals surface area contributed by atoms with Crippen LogP contribution in [0.25, 0.3) is 5.69 Å². The van der Waals surface area contributed by atoms with Crippen molar-refractivity contribution in [3.8, 4) is 5.69 Å². The van der Waals surface area contributed by atoms with Gasteiger partial charge in [0, 0.05) is 26.2 Å². The van der Waals surface area contributed by atoms with Crippen LogP contribution >= 0.6 is 11.6 Å². The summed E-state index contributed by atoms with van der Waals surface area (Å²) in [7, 11) is 0. The molecule has 1 N–H and O–H groups in total. The standard InChI is InChI=1S/C30H33ClN6O6/c1-30(2,3)43-29(42)34-15-13-33(14-16-34)28-32-26-25(37(28)22-12-8-7-11-21(22)31)27(41)36(19-35(26)17-24(39)40)23(18-38)20-9-5-4-6-10-20/h4-12,18,23H,13-17,19H2,1-3H3,(H,39,40). The van der Waals surface area contributed by atoms with Gasteiger partial charge in [-0.05, 0) is 38.5 Å². The molecule has 5 rings (SSSR count). The second kappa shape index (κ2) is 12.0. The van der Waals surface area contributed by atoms with Crippen LogP contribution in [0.15, 0.2) is 54.6 Å². The number of amides is 2. The van der Waals surface area contributed by atoms with E-state index in [2.05, 4.69) is 0 Å². The largest absolute Gasteiger partial charge is 0.480 e. The average Bonchev–Trinajstić information content (AvgIpc) is 3.37. The van der Waals surface area contributed by atoms with Gasteiger partial charge in [0.1, 0.15) is 24.5 Å². The van der Waals surface area contributed by atoms with Gasteiger partial charge < -0.3 is 34.2 Å². The number of para-hydroxylation sites is 1. The Hall–Kier alpha value is -4.58. The molecular formula is C30H33ClN6O6. The number of rotatable bonds is 7. The van der Waals surface area contributed by atoms with Crippen molar-refractivity contribution in [3.05, 3.63) is 70.9 Å². The molecule has 1 atom stereocenters. The van der Waals surface area contributed by atoms with Crippen LogP contribution in [-0.4, -0.2) is 93.7 Å². The number of carbonyl (C=O) groups excluding carboxylic acids is 3. The predicted molar refractivity (Wildman–Crippen MR) is 160 cm³/mol. The van der Waals surface area contributed by atoms with E-state index in [1.54, 1.807) is 64.1 Å². The van der Waals surface area contributed by atoms with E-state index in [4.69, 9.17) is 21.3 Å². The molecule has 12 nitrogen and oxygen atoms in total. The number of imidazole rings is 1. The molecule has 3 aromatic rings. The number of aromatic nitrogens is 2. The van der Waals surface area contributed by atoms with Gasteiger partial charge in [0.2, 0.25) is 5.95 Å². The summed E-state index contributed by atoms with van der Waals surface area (Å²) in [5.74, 6) is -1.08. The average molecular weight is 609 g/mol. The van der Waals surface area contributed by atoms with Gasteiger partial charge in [-0.15, -0.1) is 0 Å². The first kappa shape index (κ1) is 29.9. The second-order valence-electron chi connectivity index (χ2n) is 11.3. The smallest absolute Gasteiger partial charge is 0.410 e. The highest BCUT2D eigenvalue weighted by Gasteiger charge is 2.41. The molecule has 43 heavy (non-hydrogen) atoms. The molecular weight excluding hydrogens is 576 g/mol. The number of ether oxygens (including phenoxy) is 1. The molecule has 2 aromatic carbocycles. The topological polar surface area (TPSA) is 129 Å². The molecule has 13 heteroatoms. The van der Waals surface area contributed by atoms with Crippen LogP contribution in [0.1, 0.15) is 42.9 Å². The minimum absolute atomic E-state index is 0.0907. The lowest BCUT2D eigenvalue weighted by Gasteiger charge is -2.38. The number of carbonyl (C=O) groups is 4. The molecule has 2 aliphatic rings. The van der Waals surface area contributed by atoms with Crippen molar-refractivity contribution in [2.24, 2.45) is 0 Å². The molecule has 0 saturated carbocycles. The Morgan fingerprint density at radius 2 is 1.70 bits per heavy atom. The normalized spacial score (nSPS) is 16.1. The molecule has 0 spiro atoms. The van der Waals surface area contributed by atoms with Crippen LogP contribution in [0.3, 0.4) is 0 Å². The van der Waals surface area contributed by atoms with Crippen LogP contribution in [0.2, 0.25) is 5.02 Å². The van der Waals surface area contributed by atoms with Crippen molar-refractivity contribution < 1.29 is 29.0 Å². The zero-order valence-electron chi connectivity index (χ0n) is 24.1. The minimum atomic E-state index is -1.12. The number of carboxylic acid groups (broad SMARTS) is 1. The van der Waals surface area contributed by atoms with E-state index in [1.165, 1.54) is 9.80 Å². The number of fused-ring (bicyclic) bond motifs is 1. The Kier molecular flexibility index (Phi) is 8.32. The maximum atomic E-state index is 14.3. The number of anilines is 2. The van der Waals surface area contributed by atoms with Crippen LogP contribution in [0, 0.1) is 0 Å². The molecule has 3 heterocycles. The van der Waals surface area contributed by atoms with Crippen molar-refractivity contribution >= 4 is 47.6 Å². The highest BCUT2D eigenvalue weighted by Crippen LogP contribution is 2.38. The highest BCUT2D eigenvalue weighted by molar-refractivity contribution is 6.32. The van der Waals surface area contributed by atoms with Crippen LogP contribution in [0.4, 0.5) is 16.6 Å². The van der Waals surface area contributed by atoms with Gasteiger partial charge in [-0.25, -0.2) is 4.79 Å². The summed E-state index contributed by atoms with van der Waals surface area (Å²) in [5, 5.41) is 10.1. The third-order valence-corrected chi connectivity index (χ3v) is 7.49. The van der Waals surface area contributed by atoms with Crippen molar-refractivity contribution in [2.75, 3.05) is 49.2 Å². The summed E-state index contributed by atoms with van der Waals surface area (Å²) in [4.78, 5) is 62.5. The Morgan fingerprint density at radius 1 is 1.05 bits per heavy atom. The number of hydrogen-bond donors (Lipinski definition) is 1. The lowest BCUT2D eigenvalue weighted by atomic mass is 10.1. The van der Waals surface area contributed by atoms with Crippen LogP contribution in [0.5, 0.6) is 0 Å². The fraction of sp³-hybridized carbons (Fsp3) is 0.367. The SMILES string of the molecule is CC(C)(C)OC(=O)N1CCN(c2nc3c(n2-c2ccccc2Cl)C(=O)N(C(C=O)c2ccccc2)CN3CC(=O)O)CC1. The highest BCUT2D eigenvalue weighted by atomic mass is 35.5. The Balaban J connectivity index is 1.59. The first-order valence-corrected chi connectivity index (χ1v) is 14.2. The van der Waals surface area contributed by atoms with Crippen LogP contribution < -0.4 is 9.80 Å². The van der Waals surface area contributed by atoms with Gasteiger partial charge in [0.15, 0.2) is 11.5 Å². The summed E-state index contributed by atoms with van der Waals surface area (Å²) in [5.41, 5.74) is 0.516. The Morgan fingerprint density at radius 3 is 2.30 bits per heavy atom. The quantitative estimate of drug-likeness (QED) is 0.398. The number of aliphatic carboxylic acids is 1. The lowest BCUT2D eigenvalue weighted by molar-refractivity contribution is -0.135. The van der Waals surface area contributed by atoms with E-state index in [0.29, 0.717) is 54.7 Å². The number of hydrogen-bond acceptors (Lipinski definition) is 8. The third-order valence-electron chi connectivity index (χ3n) is 7.17. The molecule has 1 saturated heterocycles. The first-order valence-electron chi connectivity index (χ1n) is 13.9. The summed E-state index contributed by atoms with van der Waals surface area (Å²) in [6.45, 7) is 6.23. The maximum Gasteiger partial charge on any atom is 0.410 e. The maximum absolute atomic E-state index is 14.3. The van der Waals surface area contributed by atoms with Gasteiger partial charge in [0.05, 0.1) is 17.4 Å². The van der Waals surface area contributed by atoms with E-state index >= 15 is 0 Å².